The van der Waals surface area contributed by atoms with Crippen molar-refractivity contribution >= 4 is 74.1 Å². The highest BCUT2D eigenvalue weighted by atomic mass is 35.5. The van der Waals surface area contributed by atoms with E-state index >= 15 is 0 Å². The van der Waals surface area contributed by atoms with Crippen LogP contribution in [0.15, 0.2) is 52.7 Å². The van der Waals surface area contributed by atoms with Crippen molar-refractivity contribution in [2.45, 2.75) is 4.21 Å². The average Bonchev–Trinajstić information content (AvgIpc) is 3.30. The fourth-order valence-corrected chi connectivity index (χ4v) is 5.76. The third-order valence-corrected chi connectivity index (χ3v) is 8.32. The molecule has 0 atom stereocenters. The zero-order valence-corrected chi connectivity index (χ0v) is 23.5. The monoisotopic (exact) mass is 596 g/mol. The predicted molar refractivity (Wildman–Crippen MR) is 151 cm³/mol. The van der Waals surface area contributed by atoms with E-state index in [9.17, 15) is 27.2 Å². The Hall–Kier alpha value is -3.72. The van der Waals surface area contributed by atoms with Crippen LogP contribution >= 0.6 is 22.9 Å². The molecule has 15 heteroatoms. The van der Waals surface area contributed by atoms with Crippen LogP contribution in [0.5, 0.6) is 0 Å². The number of thiophene rings is 1. The van der Waals surface area contributed by atoms with E-state index in [0.717, 1.165) is 28.8 Å². The summed E-state index contributed by atoms with van der Waals surface area (Å²) >= 11 is 6.51. The molecule has 0 spiro atoms. The first-order valence-electron chi connectivity index (χ1n) is 11.3. The minimum Gasteiger partial charge on any atom is -0.384 e. The van der Waals surface area contributed by atoms with Gasteiger partial charge in [0.2, 0.25) is 6.41 Å². The standard InChI is InChI=1S/C24H26ClFN6O5S2/c1-31(2)11-10-27-15-4-6-17(19(13-15)28-14-33)23(34)32(3)20-7-5-16(12-18(20)26)29-24(35)30-39(36,37)22-9-8-21(25)38-22/h4-9,12-14,27H,10-11H2,1-3H3,(H,28,33)(H2,29,30,35). The number of anilines is 4. The molecule has 3 rings (SSSR count). The van der Waals surface area contributed by atoms with Gasteiger partial charge in [-0.3, -0.25) is 9.59 Å². The molecule has 0 saturated carbocycles. The van der Waals surface area contributed by atoms with Crippen molar-refractivity contribution in [1.82, 2.24) is 9.62 Å². The third-order valence-electron chi connectivity index (χ3n) is 5.26. The van der Waals surface area contributed by atoms with Gasteiger partial charge in [0, 0.05) is 31.5 Å². The molecule has 4 N–H and O–H groups in total. The number of urea groups is 1. The normalized spacial score (nSPS) is 11.1. The summed E-state index contributed by atoms with van der Waals surface area (Å²) in [4.78, 5) is 39.6. The van der Waals surface area contributed by atoms with Crippen LogP contribution < -0.4 is 25.6 Å². The van der Waals surface area contributed by atoms with E-state index in [1.165, 1.54) is 37.4 Å². The summed E-state index contributed by atoms with van der Waals surface area (Å²) in [6.45, 7) is 1.41. The number of benzene rings is 2. The Morgan fingerprint density at radius 3 is 2.38 bits per heavy atom. The van der Waals surface area contributed by atoms with Crippen LogP contribution in [-0.4, -0.2) is 65.9 Å². The van der Waals surface area contributed by atoms with Crippen molar-refractivity contribution in [1.29, 1.82) is 0 Å². The second-order valence-corrected chi connectivity index (χ2v) is 12.0. The Balaban J connectivity index is 1.72. The minimum absolute atomic E-state index is 0.0505. The summed E-state index contributed by atoms with van der Waals surface area (Å²) in [6.07, 6.45) is 0.440. The van der Waals surface area contributed by atoms with Gasteiger partial charge < -0.3 is 25.8 Å². The van der Waals surface area contributed by atoms with Gasteiger partial charge in [0.1, 0.15) is 10.0 Å². The summed E-state index contributed by atoms with van der Waals surface area (Å²) < 4.78 is 41.4. The lowest BCUT2D eigenvalue weighted by molar-refractivity contribution is -0.105. The van der Waals surface area contributed by atoms with E-state index < -0.39 is 27.8 Å². The van der Waals surface area contributed by atoms with Gasteiger partial charge >= 0.3 is 6.03 Å². The van der Waals surface area contributed by atoms with Crippen molar-refractivity contribution in [3.8, 4) is 0 Å². The van der Waals surface area contributed by atoms with Crippen molar-refractivity contribution in [3.05, 3.63) is 64.2 Å². The number of amides is 4. The molecule has 11 nitrogen and oxygen atoms in total. The zero-order valence-electron chi connectivity index (χ0n) is 21.1. The summed E-state index contributed by atoms with van der Waals surface area (Å²) in [5.74, 6) is -1.46. The Morgan fingerprint density at radius 1 is 1.05 bits per heavy atom. The Kier molecular flexibility index (Phi) is 9.86. The second kappa shape index (κ2) is 12.9. The highest BCUT2D eigenvalue weighted by Crippen LogP contribution is 2.28. The smallest absolute Gasteiger partial charge is 0.333 e. The SMILES string of the molecule is CN(C)CCNc1ccc(C(=O)N(C)c2ccc(NC(=O)NS(=O)(=O)c3ccc(Cl)s3)cc2F)c(NC=O)c1. The molecule has 0 fully saturated rings. The maximum Gasteiger partial charge on any atom is 0.333 e. The molecule has 3 aromatic rings. The van der Waals surface area contributed by atoms with Crippen LogP contribution in [0.4, 0.5) is 31.9 Å². The number of rotatable bonds is 11. The Morgan fingerprint density at radius 2 is 1.77 bits per heavy atom. The lowest BCUT2D eigenvalue weighted by Crippen LogP contribution is -2.34. The van der Waals surface area contributed by atoms with Crippen molar-refractivity contribution in [3.63, 3.8) is 0 Å². The molecule has 0 aliphatic carbocycles. The number of nitrogens with zero attached hydrogens (tertiary/aromatic N) is 2. The number of likely N-dealkylation sites (N-methyl/N-ethyl adjacent to an activating group) is 1. The predicted octanol–water partition coefficient (Wildman–Crippen LogP) is 3.87. The van der Waals surface area contributed by atoms with E-state index in [-0.39, 0.29) is 31.2 Å². The van der Waals surface area contributed by atoms with E-state index in [2.05, 4.69) is 16.0 Å². The number of hydrogen-bond acceptors (Lipinski definition) is 8. The van der Waals surface area contributed by atoms with Crippen LogP contribution in [0.2, 0.25) is 4.34 Å². The topological polar surface area (TPSA) is 140 Å². The lowest BCUT2D eigenvalue weighted by atomic mass is 10.1. The number of halogens is 2. The quantitative estimate of drug-likeness (QED) is 0.246. The molecule has 0 saturated heterocycles. The van der Waals surface area contributed by atoms with Gasteiger partial charge in [-0.25, -0.2) is 22.3 Å². The number of sulfonamides is 1. The highest BCUT2D eigenvalue weighted by molar-refractivity contribution is 7.92. The van der Waals surface area contributed by atoms with Crippen LogP contribution in [0.1, 0.15) is 10.4 Å². The molecule has 0 unspecified atom stereocenters. The van der Waals surface area contributed by atoms with Crippen LogP contribution in [-0.2, 0) is 14.8 Å². The molecule has 0 aliphatic heterocycles. The average molecular weight is 597 g/mol. The molecule has 4 amide bonds. The van der Waals surface area contributed by atoms with Gasteiger partial charge in [0.25, 0.3) is 15.9 Å². The van der Waals surface area contributed by atoms with E-state index in [1.54, 1.807) is 12.1 Å². The molecule has 1 aromatic heterocycles. The number of carbonyl (C=O) groups excluding carboxylic acids is 3. The van der Waals surface area contributed by atoms with Crippen LogP contribution in [0.3, 0.4) is 0 Å². The van der Waals surface area contributed by atoms with E-state index in [4.69, 9.17) is 11.6 Å². The lowest BCUT2D eigenvalue weighted by Gasteiger charge is -2.21. The summed E-state index contributed by atoms with van der Waals surface area (Å²) in [5.41, 5.74) is 0.884. The second-order valence-electron chi connectivity index (χ2n) is 8.40. The van der Waals surface area contributed by atoms with Gasteiger partial charge in [0.05, 0.1) is 21.3 Å². The molecule has 2 aromatic carbocycles. The molecule has 0 bridgehead atoms. The Bertz CT molecular complexity index is 1480. The molecular formula is C24H26ClFN6O5S2. The maximum atomic E-state index is 15.0. The molecule has 39 heavy (non-hydrogen) atoms. The van der Waals surface area contributed by atoms with Gasteiger partial charge in [0.15, 0.2) is 0 Å². The van der Waals surface area contributed by atoms with E-state index in [0.29, 0.717) is 18.6 Å². The van der Waals surface area contributed by atoms with Crippen LogP contribution in [0.25, 0.3) is 0 Å². The van der Waals surface area contributed by atoms with Gasteiger partial charge in [-0.15, -0.1) is 11.3 Å². The van der Waals surface area contributed by atoms with Gasteiger partial charge in [-0.1, -0.05) is 11.6 Å². The zero-order chi connectivity index (χ0) is 28.7. The fraction of sp³-hybridized carbons (Fsp3) is 0.208. The minimum atomic E-state index is -4.17. The fourth-order valence-electron chi connectivity index (χ4n) is 3.37. The molecule has 0 radical (unpaired) electrons. The highest BCUT2D eigenvalue weighted by Gasteiger charge is 2.22. The third kappa shape index (κ3) is 7.89. The number of hydrogen-bond donors (Lipinski definition) is 4. The van der Waals surface area contributed by atoms with Gasteiger partial charge in [-0.05, 0) is 62.6 Å². The van der Waals surface area contributed by atoms with Gasteiger partial charge in [-0.2, -0.15) is 0 Å². The summed E-state index contributed by atoms with van der Waals surface area (Å²) in [5, 5.41) is 7.93. The van der Waals surface area contributed by atoms with Crippen molar-refractivity contribution < 1.29 is 27.2 Å². The van der Waals surface area contributed by atoms with E-state index in [1.807, 2.05) is 23.7 Å². The largest absolute Gasteiger partial charge is 0.384 e. The Labute approximate surface area is 234 Å². The first kappa shape index (κ1) is 29.8. The first-order valence-corrected chi connectivity index (χ1v) is 14.0. The van der Waals surface area contributed by atoms with Crippen molar-refractivity contribution in [2.75, 3.05) is 55.1 Å². The maximum absolute atomic E-state index is 15.0. The molecule has 0 aliphatic rings. The van der Waals surface area contributed by atoms with Crippen molar-refractivity contribution in [2.24, 2.45) is 0 Å². The summed E-state index contributed by atoms with van der Waals surface area (Å²) in [7, 11) is 1.06. The van der Waals surface area contributed by atoms with Crippen LogP contribution in [0, 0.1) is 5.82 Å². The molecule has 1 heterocycles. The first-order chi connectivity index (χ1) is 18.4. The number of nitrogens with one attached hydrogen (secondary N) is 4. The molecule has 208 valence electrons. The molecular weight excluding hydrogens is 571 g/mol. The summed E-state index contributed by atoms with van der Waals surface area (Å²) in [6, 6.07) is 9.80. The number of carbonyl (C=O) groups is 3.